The Morgan fingerprint density at radius 2 is 1.59 bits per heavy atom. The molecule has 0 saturated carbocycles. The van der Waals surface area contributed by atoms with Gasteiger partial charge in [-0.15, -0.1) is 0 Å². The molecular weight excluding hydrogens is 351 g/mol. The van der Waals surface area contributed by atoms with Crippen molar-refractivity contribution in [2.45, 2.75) is 6.10 Å². The van der Waals surface area contributed by atoms with Crippen molar-refractivity contribution in [1.82, 2.24) is 0 Å². The summed E-state index contributed by atoms with van der Waals surface area (Å²) in [5.41, 5.74) is 0.911. The van der Waals surface area contributed by atoms with Crippen LogP contribution in [-0.4, -0.2) is 5.11 Å². The maximum Gasteiger partial charge on any atom is 0.129 e. The van der Waals surface area contributed by atoms with Gasteiger partial charge in [0.1, 0.15) is 11.9 Å². The number of halogens is 3. The Hall–Kier alpha value is -0.710. The zero-order valence-electron chi connectivity index (χ0n) is 8.70. The molecule has 1 nitrogen and oxygen atoms in total. The van der Waals surface area contributed by atoms with E-state index in [0.717, 1.165) is 8.95 Å². The van der Waals surface area contributed by atoms with E-state index >= 15 is 0 Å². The Bertz CT molecular complexity index is 522. The van der Waals surface area contributed by atoms with Crippen LogP contribution in [0.1, 0.15) is 17.2 Å². The van der Waals surface area contributed by atoms with Gasteiger partial charge in [0.25, 0.3) is 0 Å². The second-order valence-corrected chi connectivity index (χ2v) is 5.46. The third-order valence-electron chi connectivity index (χ3n) is 2.40. The molecule has 17 heavy (non-hydrogen) atoms. The molecule has 0 aliphatic carbocycles. The quantitative estimate of drug-likeness (QED) is 0.840. The number of aliphatic hydroxyl groups is 1. The molecule has 0 aliphatic rings. The number of hydrogen-bond acceptors (Lipinski definition) is 1. The second-order valence-electron chi connectivity index (χ2n) is 3.63. The van der Waals surface area contributed by atoms with Crippen LogP contribution in [0.2, 0.25) is 0 Å². The van der Waals surface area contributed by atoms with E-state index in [0.29, 0.717) is 5.56 Å². The third kappa shape index (κ3) is 2.94. The van der Waals surface area contributed by atoms with E-state index in [4.69, 9.17) is 0 Å². The van der Waals surface area contributed by atoms with Crippen molar-refractivity contribution in [3.05, 3.63) is 68.4 Å². The van der Waals surface area contributed by atoms with Gasteiger partial charge in [0.2, 0.25) is 0 Å². The van der Waals surface area contributed by atoms with Crippen molar-refractivity contribution in [3.8, 4) is 0 Å². The van der Waals surface area contributed by atoms with Crippen LogP contribution >= 0.6 is 31.9 Å². The molecule has 0 heterocycles. The maximum atomic E-state index is 13.5. The van der Waals surface area contributed by atoms with Crippen LogP contribution in [0.4, 0.5) is 4.39 Å². The van der Waals surface area contributed by atoms with E-state index in [-0.39, 0.29) is 5.56 Å². The second kappa shape index (κ2) is 5.29. The number of hydrogen-bond donors (Lipinski definition) is 1. The zero-order chi connectivity index (χ0) is 12.4. The molecule has 1 unspecified atom stereocenters. The van der Waals surface area contributed by atoms with Crippen LogP contribution in [0, 0.1) is 5.82 Å². The van der Waals surface area contributed by atoms with Crippen molar-refractivity contribution in [3.63, 3.8) is 0 Å². The smallest absolute Gasteiger partial charge is 0.129 e. The molecule has 0 saturated heterocycles. The molecule has 2 aromatic carbocycles. The van der Waals surface area contributed by atoms with Crippen molar-refractivity contribution in [2.75, 3.05) is 0 Å². The number of benzene rings is 2. The fourth-order valence-electron chi connectivity index (χ4n) is 1.61. The van der Waals surface area contributed by atoms with Crippen molar-refractivity contribution < 1.29 is 9.50 Å². The minimum absolute atomic E-state index is 0.275. The summed E-state index contributed by atoms with van der Waals surface area (Å²) < 4.78 is 15.2. The van der Waals surface area contributed by atoms with Crippen molar-refractivity contribution in [2.24, 2.45) is 0 Å². The molecule has 0 fully saturated rings. The van der Waals surface area contributed by atoms with Crippen LogP contribution in [-0.2, 0) is 0 Å². The zero-order valence-corrected chi connectivity index (χ0v) is 11.9. The highest BCUT2D eigenvalue weighted by Gasteiger charge is 2.15. The lowest BCUT2D eigenvalue weighted by molar-refractivity contribution is 0.215. The van der Waals surface area contributed by atoms with Gasteiger partial charge in [-0.2, -0.15) is 0 Å². The number of aliphatic hydroxyl groups excluding tert-OH is 1. The molecular formula is C13H9Br2FO. The van der Waals surface area contributed by atoms with Gasteiger partial charge in [-0.1, -0.05) is 50.1 Å². The van der Waals surface area contributed by atoms with E-state index in [1.807, 2.05) is 6.07 Å². The highest BCUT2D eigenvalue weighted by Crippen LogP contribution is 2.29. The summed E-state index contributed by atoms with van der Waals surface area (Å²) in [4.78, 5) is 0. The normalized spacial score (nSPS) is 12.5. The molecule has 0 aromatic heterocycles. The molecule has 0 aliphatic heterocycles. The summed E-state index contributed by atoms with van der Waals surface area (Å²) in [5.74, 6) is -0.406. The molecule has 88 valence electrons. The highest BCUT2D eigenvalue weighted by molar-refractivity contribution is 9.11. The lowest BCUT2D eigenvalue weighted by Crippen LogP contribution is -2.02. The van der Waals surface area contributed by atoms with E-state index in [2.05, 4.69) is 31.9 Å². The predicted octanol–water partition coefficient (Wildman–Crippen LogP) is 4.43. The van der Waals surface area contributed by atoms with Crippen LogP contribution < -0.4 is 0 Å². The van der Waals surface area contributed by atoms with Gasteiger partial charge in [-0.25, -0.2) is 4.39 Å². The van der Waals surface area contributed by atoms with Gasteiger partial charge in [-0.05, 0) is 29.8 Å². The van der Waals surface area contributed by atoms with E-state index in [1.54, 1.807) is 30.3 Å². The predicted molar refractivity (Wildman–Crippen MR) is 72.3 cm³/mol. The minimum Gasteiger partial charge on any atom is -0.384 e. The highest BCUT2D eigenvalue weighted by atomic mass is 79.9. The standard InChI is InChI=1S/C13H9Br2FO/c14-9-5-8(6-10(15)7-9)13(17)11-3-1-2-4-12(11)16/h1-7,13,17H. The summed E-state index contributed by atoms with van der Waals surface area (Å²) in [6.07, 6.45) is -0.968. The molecule has 0 amide bonds. The molecule has 1 atom stereocenters. The van der Waals surface area contributed by atoms with Crippen molar-refractivity contribution >= 4 is 31.9 Å². The largest absolute Gasteiger partial charge is 0.384 e. The fourth-order valence-corrected chi connectivity index (χ4v) is 2.94. The first-order valence-corrected chi connectivity index (χ1v) is 6.55. The van der Waals surface area contributed by atoms with Gasteiger partial charge >= 0.3 is 0 Å². The summed E-state index contributed by atoms with van der Waals surface area (Å²) in [5, 5.41) is 10.1. The van der Waals surface area contributed by atoms with E-state index in [9.17, 15) is 9.50 Å². The number of rotatable bonds is 2. The Morgan fingerprint density at radius 3 is 2.18 bits per heavy atom. The monoisotopic (exact) mass is 358 g/mol. The first kappa shape index (κ1) is 12.7. The molecule has 0 radical (unpaired) electrons. The molecule has 2 aromatic rings. The van der Waals surface area contributed by atoms with Gasteiger partial charge in [-0.3, -0.25) is 0 Å². The van der Waals surface area contributed by atoms with Crippen LogP contribution in [0.5, 0.6) is 0 Å². The maximum absolute atomic E-state index is 13.5. The summed E-state index contributed by atoms with van der Waals surface area (Å²) in [6.45, 7) is 0. The minimum atomic E-state index is -0.968. The van der Waals surface area contributed by atoms with E-state index in [1.165, 1.54) is 6.07 Å². The first-order chi connectivity index (χ1) is 8.08. The Balaban J connectivity index is 2.43. The van der Waals surface area contributed by atoms with Crippen LogP contribution in [0.25, 0.3) is 0 Å². The van der Waals surface area contributed by atoms with Gasteiger partial charge < -0.3 is 5.11 Å². The Kier molecular flexibility index (Phi) is 3.97. The average molecular weight is 360 g/mol. The van der Waals surface area contributed by atoms with Crippen LogP contribution in [0.3, 0.4) is 0 Å². The summed E-state index contributed by atoms with van der Waals surface area (Å²) >= 11 is 6.67. The molecule has 2 rings (SSSR count). The molecule has 1 N–H and O–H groups in total. The van der Waals surface area contributed by atoms with Gasteiger partial charge in [0.15, 0.2) is 0 Å². The SMILES string of the molecule is OC(c1cc(Br)cc(Br)c1)c1ccccc1F. The fraction of sp³-hybridized carbons (Fsp3) is 0.0769. The van der Waals surface area contributed by atoms with E-state index < -0.39 is 11.9 Å². The topological polar surface area (TPSA) is 20.2 Å². The first-order valence-electron chi connectivity index (χ1n) is 4.96. The van der Waals surface area contributed by atoms with Crippen LogP contribution in [0.15, 0.2) is 51.4 Å². The summed E-state index contributed by atoms with van der Waals surface area (Å²) in [7, 11) is 0. The average Bonchev–Trinajstić information content (AvgIpc) is 2.27. The lowest BCUT2D eigenvalue weighted by atomic mass is 10.0. The Morgan fingerprint density at radius 1 is 1.00 bits per heavy atom. The molecule has 4 heteroatoms. The summed E-state index contributed by atoms with van der Waals surface area (Å²) in [6, 6.07) is 11.6. The van der Waals surface area contributed by atoms with Gasteiger partial charge in [0, 0.05) is 14.5 Å². The Labute approximate surface area is 116 Å². The molecule has 0 spiro atoms. The molecule has 0 bridgehead atoms. The third-order valence-corrected chi connectivity index (χ3v) is 3.32. The van der Waals surface area contributed by atoms with Gasteiger partial charge in [0.05, 0.1) is 0 Å². The lowest BCUT2D eigenvalue weighted by Gasteiger charge is -2.13. The van der Waals surface area contributed by atoms with Crippen molar-refractivity contribution in [1.29, 1.82) is 0 Å².